The number of benzene rings is 4. The fourth-order valence-corrected chi connectivity index (χ4v) is 4.33. The molecule has 0 aliphatic carbocycles. The van der Waals surface area contributed by atoms with Crippen molar-refractivity contribution in [1.29, 1.82) is 0 Å². The zero-order valence-electron chi connectivity index (χ0n) is 18.0. The van der Waals surface area contributed by atoms with Crippen molar-refractivity contribution in [3.8, 4) is 5.75 Å². The first-order valence-corrected chi connectivity index (χ1v) is 10.9. The van der Waals surface area contributed by atoms with Gasteiger partial charge < -0.3 is 10.1 Å². The van der Waals surface area contributed by atoms with Crippen LogP contribution in [-0.4, -0.2) is 23.3 Å². The van der Waals surface area contributed by atoms with Crippen molar-refractivity contribution in [2.75, 3.05) is 10.2 Å². The number of anilines is 2. The number of carbonyl (C=O) groups excluding carboxylic acids is 2. The topological polar surface area (TPSA) is 71.0 Å². The zero-order valence-corrected chi connectivity index (χ0v) is 18.0. The van der Waals surface area contributed by atoms with Crippen molar-refractivity contribution >= 4 is 34.6 Å². The number of amides is 2. The van der Waals surface area contributed by atoms with E-state index in [1.54, 1.807) is 48.5 Å². The molecule has 2 heterocycles. The van der Waals surface area contributed by atoms with Crippen molar-refractivity contribution in [1.82, 2.24) is 0 Å². The largest absolute Gasteiger partial charge is 0.451 e. The number of rotatable bonds is 2. The fraction of sp³-hybridized carbons (Fsp3) is 0.0357. The molecule has 2 amide bonds. The number of fused-ring (bicyclic) bond motifs is 2. The number of para-hydroxylation sites is 4. The lowest BCUT2D eigenvalue weighted by Crippen LogP contribution is -2.61. The molecule has 0 aromatic heterocycles. The van der Waals surface area contributed by atoms with Crippen LogP contribution in [0, 0.1) is 0 Å². The van der Waals surface area contributed by atoms with E-state index in [0.717, 1.165) is 0 Å². The van der Waals surface area contributed by atoms with Crippen molar-refractivity contribution in [2.24, 2.45) is 4.99 Å². The van der Waals surface area contributed by atoms with E-state index in [1.165, 1.54) is 4.90 Å². The Morgan fingerprint density at radius 3 is 2.21 bits per heavy atom. The number of hydrogen-bond donors (Lipinski definition) is 1. The van der Waals surface area contributed by atoms with Gasteiger partial charge in [0.2, 0.25) is 0 Å². The lowest BCUT2D eigenvalue weighted by molar-refractivity contribution is -0.125. The van der Waals surface area contributed by atoms with Gasteiger partial charge in [0.05, 0.1) is 17.1 Å². The molecule has 6 heteroatoms. The summed E-state index contributed by atoms with van der Waals surface area (Å²) in [5, 5.41) is 3.26. The quantitative estimate of drug-likeness (QED) is 0.431. The van der Waals surface area contributed by atoms with Gasteiger partial charge in [-0.1, -0.05) is 72.8 Å². The highest BCUT2D eigenvalue weighted by atomic mass is 16.5. The van der Waals surface area contributed by atoms with E-state index in [-0.39, 0.29) is 0 Å². The second-order valence-corrected chi connectivity index (χ2v) is 8.03. The van der Waals surface area contributed by atoms with E-state index in [1.807, 2.05) is 60.7 Å². The molecule has 0 saturated carbocycles. The lowest BCUT2D eigenvalue weighted by atomic mass is 9.97. The summed E-state index contributed by atoms with van der Waals surface area (Å²) in [6, 6.07) is 32.6. The molecule has 0 saturated heterocycles. The summed E-state index contributed by atoms with van der Waals surface area (Å²) < 4.78 is 6.36. The Bertz CT molecular complexity index is 1420. The normalized spacial score (nSPS) is 18.3. The summed E-state index contributed by atoms with van der Waals surface area (Å²) in [4.78, 5) is 34.3. The SMILES string of the molecule is O=C(c1ccccc1)N1C(=O)C2(Nc3ccccc3O2)C(c2ccccc2)=Nc2ccccc21. The second kappa shape index (κ2) is 7.71. The maximum absolute atomic E-state index is 14.4. The van der Waals surface area contributed by atoms with Crippen molar-refractivity contribution in [3.05, 3.63) is 120 Å². The molecule has 0 fully saturated rings. The summed E-state index contributed by atoms with van der Waals surface area (Å²) in [5.41, 5.74) is 1.29. The maximum Gasteiger partial charge on any atom is 0.306 e. The molecule has 1 N–H and O–H groups in total. The molecule has 4 aromatic rings. The van der Waals surface area contributed by atoms with E-state index in [4.69, 9.17) is 9.73 Å². The van der Waals surface area contributed by atoms with E-state index in [2.05, 4.69) is 5.32 Å². The molecule has 6 rings (SSSR count). The van der Waals surface area contributed by atoms with Gasteiger partial charge >= 0.3 is 11.6 Å². The van der Waals surface area contributed by atoms with Crippen LogP contribution in [0.25, 0.3) is 0 Å². The number of ether oxygens (including phenoxy) is 1. The molecule has 34 heavy (non-hydrogen) atoms. The highest BCUT2D eigenvalue weighted by Gasteiger charge is 2.56. The van der Waals surface area contributed by atoms with Crippen LogP contribution in [0.1, 0.15) is 15.9 Å². The molecule has 1 spiro atoms. The summed E-state index contributed by atoms with van der Waals surface area (Å²) in [6.07, 6.45) is 0. The molecule has 6 nitrogen and oxygen atoms in total. The third kappa shape index (κ3) is 3.00. The van der Waals surface area contributed by atoms with Crippen LogP contribution in [0.2, 0.25) is 0 Å². The maximum atomic E-state index is 14.4. The fourth-order valence-electron chi connectivity index (χ4n) is 4.33. The zero-order chi connectivity index (χ0) is 23.1. The van der Waals surface area contributed by atoms with Crippen LogP contribution < -0.4 is 15.0 Å². The van der Waals surface area contributed by atoms with Gasteiger partial charge in [-0.3, -0.25) is 9.59 Å². The number of imide groups is 1. The van der Waals surface area contributed by atoms with Crippen LogP contribution in [0.3, 0.4) is 0 Å². The van der Waals surface area contributed by atoms with Gasteiger partial charge in [-0.2, -0.15) is 0 Å². The number of aliphatic imine (C=N–C) groups is 1. The number of nitrogens with zero attached hydrogens (tertiary/aromatic N) is 2. The minimum atomic E-state index is -1.73. The van der Waals surface area contributed by atoms with Crippen molar-refractivity contribution in [3.63, 3.8) is 0 Å². The summed E-state index contributed by atoms with van der Waals surface area (Å²) in [7, 11) is 0. The highest BCUT2D eigenvalue weighted by Crippen LogP contribution is 2.44. The Hall–Kier alpha value is -4.71. The molecule has 1 atom stereocenters. The predicted molar refractivity (Wildman–Crippen MR) is 131 cm³/mol. The number of hydrogen-bond acceptors (Lipinski definition) is 5. The summed E-state index contributed by atoms with van der Waals surface area (Å²) in [6.45, 7) is 0. The van der Waals surface area contributed by atoms with Gasteiger partial charge in [-0.25, -0.2) is 9.89 Å². The van der Waals surface area contributed by atoms with Gasteiger partial charge in [0, 0.05) is 11.1 Å². The Labute approximate surface area is 196 Å². The third-order valence-electron chi connectivity index (χ3n) is 5.92. The molecule has 0 radical (unpaired) electrons. The average molecular weight is 445 g/mol. The van der Waals surface area contributed by atoms with Gasteiger partial charge in [-0.15, -0.1) is 0 Å². The van der Waals surface area contributed by atoms with Crippen LogP contribution in [0.5, 0.6) is 5.75 Å². The molecule has 2 aliphatic rings. The highest BCUT2D eigenvalue weighted by molar-refractivity contribution is 6.35. The first-order valence-electron chi connectivity index (χ1n) is 10.9. The molecular weight excluding hydrogens is 426 g/mol. The molecule has 164 valence electrons. The van der Waals surface area contributed by atoms with Crippen LogP contribution in [0.4, 0.5) is 17.1 Å². The van der Waals surface area contributed by atoms with Crippen molar-refractivity contribution in [2.45, 2.75) is 5.72 Å². The molecular formula is C28H19N3O3. The molecule has 0 bridgehead atoms. The Balaban J connectivity index is 1.61. The first kappa shape index (κ1) is 19.9. The average Bonchev–Trinajstić information content (AvgIpc) is 3.25. The van der Waals surface area contributed by atoms with E-state index >= 15 is 0 Å². The Kier molecular flexibility index (Phi) is 4.52. The second-order valence-electron chi connectivity index (χ2n) is 8.03. The monoisotopic (exact) mass is 445 g/mol. The van der Waals surface area contributed by atoms with Crippen LogP contribution in [0.15, 0.2) is 114 Å². The molecule has 1 unspecified atom stereocenters. The van der Waals surface area contributed by atoms with Gasteiger partial charge in [0.25, 0.3) is 5.91 Å². The van der Waals surface area contributed by atoms with E-state index in [0.29, 0.717) is 39.7 Å². The summed E-state index contributed by atoms with van der Waals surface area (Å²) in [5.74, 6) is -0.508. The predicted octanol–water partition coefficient (Wildman–Crippen LogP) is 5.20. The Morgan fingerprint density at radius 1 is 0.794 bits per heavy atom. The first-order chi connectivity index (χ1) is 16.7. The van der Waals surface area contributed by atoms with Crippen molar-refractivity contribution < 1.29 is 14.3 Å². The standard InChI is InChI=1S/C28H19N3O3/c32-26(20-13-5-2-6-14-20)31-23-17-9-7-15-21(23)29-25(19-11-3-1-4-12-19)28(27(31)33)30-22-16-8-10-18-24(22)34-28/h1-18,30H. The minimum absolute atomic E-state index is 0.380. The van der Waals surface area contributed by atoms with E-state index in [9.17, 15) is 9.59 Å². The lowest BCUT2D eigenvalue weighted by Gasteiger charge is -2.32. The minimum Gasteiger partial charge on any atom is -0.451 e. The molecule has 2 aliphatic heterocycles. The smallest absolute Gasteiger partial charge is 0.306 e. The van der Waals surface area contributed by atoms with Crippen LogP contribution >= 0.6 is 0 Å². The number of carbonyl (C=O) groups is 2. The van der Waals surface area contributed by atoms with Gasteiger partial charge in [-0.05, 0) is 36.4 Å². The van der Waals surface area contributed by atoms with Crippen LogP contribution in [-0.2, 0) is 4.79 Å². The summed E-state index contributed by atoms with van der Waals surface area (Å²) >= 11 is 0. The Morgan fingerprint density at radius 2 is 1.44 bits per heavy atom. The number of nitrogens with one attached hydrogen (secondary N) is 1. The van der Waals surface area contributed by atoms with E-state index < -0.39 is 17.5 Å². The van der Waals surface area contributed by atoms with Gasteiger partial charge in [0.1, 0.15) is 11.5 Å². The third-order valence-corrected chi connectivity index (χ3v) is 5.92. The molecule has 4 aromatic carbocycles. The van der Waals surface area contributed by atoms with Gasteiger partial charge in [0.15, 0.2) is 0 Å².